The zero-order chi connectivity index (χ0) is 12.4. The molecular formula is C12H15BrN4. The van der Waals surface area contributed by atoms with Gasteiger partial charge in [0.05, 0.1) is 5.69 Å². The number of hydrogen-bond acceptors (Lipinski definition) is 3. The Morgan fingerprint density at radius 2 is 2.41 bits per heavy atom. The van der Waals surface area contributed by atoms with Crippen molar-refractivity contribution in [3.63, 3.8) is 0 Å². The van der Waals surface area contributed by atoms with E-state index in [1.165, 1.54) is 0 Å². The van der Waals surface area contributed by atoms with Gasteiger partial charge >= 0.3 is 0 Å². The maximum Gasteiger partial charge on any atom is 0.283 e. The Hall–Kier alpha value is -1.12. The van der Waals surface area contributed by atoms with E-state index in [9.17, 15) is 0 Å². The van der Waals surface area contributed by atoms with E-state index in [0.29, 0.717) is 11.9 Å². The zero-order valence-corrected chi connectivity index (χ0v) is 11.3. The van der Waals surface area contributed by atoms with Crippen molar-refractivity contribution in [1.82, 2.24) is 4.98 Å². The van der Waals surface area contributed by atoms with Crippen molar-refractivity contribution < 1.29 is 0 Å². The summed E-state index contributed by atoms with van der Waals surface area (Å²) in [4.78, 5) is 9.75. The second kappa shape index (κ2) is 5.03. The van der Waals surface area contributed by atoms with Gasteiger partial charge in [0.1, 0.15) is 6.20 Å². The van der Waals surface area contributed by atoms with Crippen molar-refractivity contribution in [2.75, 3.05) is 11.4 Å². The van der Waals surface area contributed by atoms with Crippen molar-refractivity contribution in [3.8, 4) is 0 Å². The predicted octanol–water partition coefficient (Wildman–Crippen LogP) is 2.71. The quantitative estimate of drug-likeness (QED) is 0.810. The molecular weight excluding hydrogens is 280 g/mol. The largest absolute Gasteiger partial charge is 0.364 e. The van der Waals surface area contributed by atoms with Gasteiger partial charge in [-0.1, -0.05) is 22.5 Å². The number of piperidine rings is 1. The molecule has 2 atom stereocenters. The zero-order valence-electron chi connectivity index (χ0n) is 9.73. The SMILES string of the molecule is [C-]#[N+]c1ncc(N2CCC[C@@H](N)[C@H]2C)cc1Br. The molecule has 1 aromatic heterocycles. The summed E-state index contributed by atoms with van der Waals surface area (Å²) in [6.45, 7) is 10.1. The van der Waals surface area contributed by atoms with Crippen LogP contribution in [-0.4, -0.2) is 23.6 Å². The van der Waals surface area contributed by atoms with Crippen LogP contribution in [0.25, 0.3) is 4.85 Å². The third-order valence-electron chi connectivity index (χ3n) is 3.29. The molecule has 0 saturated carbocycles. The lowest BCUT2D eigenvalue weighted by Gasteiger charge is -2.38. The molecule has 90 valence electrons. The summed E-state index contributed by atoms with van der Waals surface area (Å²) in [5.74, 6) is 0.405. The van der Waals surface area contributed by atoms with E-state index >= 15 is 0 Å². The first-order valence-electron chi connectivity index (χ1n) is 5.68. The Morgan fingerprint density at radius 3 is 3.06 bits per heavy atom. The van der Waals surface area contributed by atoms with Crippen LogP contribution in [0.3, 0.4) is 0 Å². The van der Waals surface area contributed by atoms with E-state index in [1.807, 2.05) is 6.07 Å². The summed E-state index contributed by atoms with van der Waals surface area (Å²) in [7, 11) is 0. The number of anilines is 1. The van der Waals surface area contributed by atoms with E-state index in [4.69, 9.17) is 12.3 Å². The lowest BCUT2D eigenvalue weighted by Crippen LogP contribution is -2.50. The standard InChI is InChI=1S/C12H15BrN4/c1-8-11(14)4-3-5-17(8)9-6-10(13)12(15-2)16-7-9/h6-8,11H,3-5,14H2,1H3/t8-,11-/m1/s1. The fourth-order valence-electron chi connectivity index (χ4n) is 2.20. The molecule has 2 heterocycles. The molecule has 1 aliphatic rings. The lowest BCUT2D eigenvalue weighted by molar-refractivity contribution is 0.420. The van der Waals surface area contributed by atoms with Crippen molar-refractivity contribution in [2.45, 2.75) is 31.8 Å². The van der Waals surface area contributed by atoms with Gasteiger partial charge in [0.25, 0.3) is 5.82 Å². The van der Waals surface area contributed by atoms with Crippen LogP contribution in [0, 0.1) is 6.57 Å². The fourth-order valence-corrected chi connectivity index (χ4v) is 2.62. The van der Waals surface area contributed by atoms with E-state index in [0.717, 1.165) is 29.5 Å². The highest BCUT2D eigenvalue weighted by Gasteiger charge is 2.26. The lowest BCUT2D eigenvalue weighted by atomic mass is 9.98. The second-order valence-corrected chi connectivity index (χ2v) is 5.21. The molecule has 0 bridgehead atoms. The summed E-state index contributed by atoms with van der Waals surface area (Å²) in [5.41, 5.74) is 7.11. The second-order valence-electron chi connectivity index (χ2n) is 4.35. The molecule has 17 heavy (non-hydrogen) atoms. The number of aromatic nitrogens is 1. The maximum atomic E-state index is 6.97. The molecule has 0 amide bonds. The third-order valence-corrected chi connectivity index (χ3v) is 3.88. The van der Waals surface area contributed by atoms with Gasteiger partial charge in [-0.25, -0.2) is 0 Å². The van der Waals surface area contributed by atoms with Gasteiger partial charge in [0.15, 0.2) is 0 Å². The van der Waals surface area contributed by atoms with Gasteiger partial charge in [0.2, 0.25) is 0 Å². The maximum absolute atomic E-state index is 6.97. The van der Waals surface area contributed by atoms with Crippen molar-refractivity contribution in [3.05, 3.63) is 28.2 Å². The monoisotopic (exact) mass is 294 g/mol. The minimum atomic E-state index is 0.211. The average molecular weight is 295 g/mol. The topological polar surface area (TPSA) is 46.5 Å². The van der Waals surface area contributed by atoms with E-state index in [-0.39, 0.29) is 6.04 Å². The number of rotatable bonds is 1. The first-order valence-corrected chi connectivity index (χ1v) is 6.48. The summed E-state index contributed by atoms with van der Waals surface area (Å²) in [6, 6.07) is 2.48. The van der Waals surface area contributed by atoms with Gasteiger partial charge in [-0.3, -0.25) is 0 Å². The molecule has 5 heteroatoms. The van der Waals surface area contributed by atoms with Crippen LogP contribution in [0.4, 0.5) is 11.5 Å². The van der Waals surface area contributed by atoms with E-state index in [1.54, 1.807) is 6.20 Å². The molecule has 1 aliphatic heterocycles. The molecule has 2 rings (SSSR count). The smallest absolute Gasteiger partial charge is 0.283 e. The third kappa shape index (κ3) is 2.43. The fraction of sp³-hybridized carbons (Fsp3) is 0.500. The van der Waals surface area contributed by atoms with Crippen molar-refractivity contribution in [2.24, 2.45) is 5.73 Å². The predicted molar refractivity (Wildman–Crippen MR) is 72.2 cm³/mol. The molecule has 2 N–H and O–H groups in total. The Labute approximate surface area is 110 Å². The van der Waals surface area contributed by atoms with Crippen LogP contribution in [-0.2, 0) is 0 Å². The molecule has 4 nitrogen and oxygen atoms in total. The van der Waals surface area contributed by atoms with Gasteiger partial charge in [-0.2, -0.15) is 0 Å². The van der Waals surface area contributed by atoms with Crippen LogP contribution in [0.2, 0.25) is 0 Å². The molecule has 1 saturated heterocycles. The van der Waals surface area contributed by atoms with Crippen LogP contribution in [0.5, 0.6) is 0 Å². The molecule has 1 fully saturated rings. The normalized spacial score (nSPS) is 24.5. The number of nitrogens with two attached hydrogens (primary N) is 1. The summed E-state index contributed by atoms with van der Waals surface area (Å²) >= 11 is 3.37. The first-order chi connectivity index (χ1) is 8.13. The summed E-state index contributed by atoms with van der Waals surface area (Å²) < 4.78 is 0.747. The Kier molecular flexibility index (Phi) is 3.65. The minimum absolute atomic E-state index is 0.211. The first kappa shape index (κ1) is 12.3. The Morgan fingerprint density at radius 1 is 1.65 bits per heavy atom. The van der Waals surface area contributed by atoms with E-state index in [2.05, 4.69) is 37.6 Å². The highest BCUT2D eigenvalue weighted by atomic mass is 79.9. The molecule has 0 radical (unpaired) electrons. The molecule has 0 aliphatic carbocycles. The molecule has 0 unspecified atom stereocenters. The highest BCUT2D eigenvalue weighted by Crippen LogP contribution is 2.30. The number of halogens is 1. The van der Waals surface area contributed by atoms with Gasteiger partial charge in [0, 0.05) is 23.1 Å². The summed E-state index contributed by atoms with van der Waals surface area (Å²) in [5, 5.41) is 0. The average Bonchev–Trinajstić information content (AvgIpc) is 2.32. The van der Waals surface area contributed by atoms with Gasteiger partial charge in [-0.15, -0.1) is 4.98 Å². The van der Waals surface area contributed by atoms with Crippen LogP contribution >= 0.6 is 15.9 Å². The Bertz CT molecular complexity index is 454. The number of hydrogen-bond donors (Lipinski definition) is 1. The molecule has 1 aromatic rings. The van der Waals surface area contributed by atoms with Crippen LogP contribution < -0.4 is 10.6 Å². The minimum Gasteiger partial charge on any atom is -0.364 e. The van der Waals surface area contributed by atoms with Gasteiger partial charge < -0.3 is 15.5 Å². The van der Waals surface area contributed by atoms with Crippen LogP contribution in [0.1, 0.15) is 19.8 Å². The highest BCUT2D eigenvalue weighted by molar-refractivity contribution is 9.10. The van der Waals surface area contributed by atoms with Crippen molar-refractivity contribution >= 4 is 27.4 Å². The summed E-state index contributed by atoms with van der Waals surface area (Å²) in [6.07, 6.45) is 3.94. The number of pyridine rings is 1. The molecule has 0 aromatic carbocycles. The number of nitrogens with zero attached hydrogens (tertiary/aromatic N) is 3. The Balaban J connectivity index is 2.28. The van der Waals surface area contributed by atoms with Crippen molar-refractivity contribution in [1.29, 1.82) is 0 Å². The van der Waals surface area contributed by atoms with Crippen LogP contribution in [0.15, 0.2) is 16.7 Å². The van der Waals surface area contributed by atoms with E-state index < -0.39 is 0 Å². The van der Waals surface area contributed by atoms with Gasteiger partial charge in [-0.05, 0) is 25.8 Å². The molecule has 0 spiro atoms.